The molecule has 1 aromatic carbocycles. The van der Waals surface area contributed by atoms with Gasteiger partial charge >= 0.3 is 12.0 Å². The van der Waals surface area contributed by atoms with E-state index in [4.69, 9.17) is 5.11 Å². The van der Waals surface area contributed by atoms with Crippen molar-refractivity contribution in [2.24, 2.45) is 0 Å². The summed E-state index contributed by atoms with van der Waals surface area (Å²) in [6.07, 6.45) is 0. The third kappa shape index (κ3) is 3.65. The molecule has 1 saturated heterocycles. The monoisotopic (exact) mass is 380 g/mol. The first-order valence-corrected chi connectivity index (χ1v) is 7.87. The van der Waals surface area contributed by atoms with Gasteiger partial charge in [-0.2, -0.15) is 11.8 Å². The molecule has 1 atom stereocenters. The van der Waals surface area contributed by atoms with Crippen LogP contribution in [0.4, 0.5) is 19.3 Å². The van der Waals surface area contributed by atoms with E-state index in [0.29, 0.717) is 5.75 Å². The van der Waals surface area contributed by atoms with Crippen LogP contribution in [0.3, 0.4) is 0 Å². The number of thioether (sulfide) groups is 1. The van der Waals surface area contributed by atoms with Crippen molar-refractivity contribution in [3.8, 4) is 0 Å². The van der Waals surface area contributed by atoms with E-state index in [2.05, 4.69) is 21.2 Å². The van der Waals surface area contributed by atoms with Crippen LogP contribution >= 0.6 is 27.7 Å². The Morgan fingerprint density at radius 1 is 1.38 bits per heavy atom. The number of anilines is 1. The molecule has 2 N–H and O–H groups in total. The number of hydrogen-bond donors (Lipinski definition) is 2. The molecule has 0 spiro atoms. The van der Waals surface area contributed by atoms with Gasteiger partial charge in [0.1, 0.15) is 11.7 Å². The average molecular weight is 381 g/mol. The Hall–Kier alpha value is -1.35. The lowest BCUT2D eigenvalue weighted by Crippen LogP contribution is -2.52. The zero-order chi connectivity index (χ0) is 15.6. The Bertz CT molecular complexity index is 565. The van der Waals surface area contributed by atoms with E-state index in [1.807, 2.05) is 0 Å². The number of carbonyl (C=O) groups excluding carboxylic acids is 1. The molecule has 1 fully saturated rings. The lowest BCUT2D eigenvalue weighted by atomic mass is 10.2. The molecule has 9 heteroatoms. The Kier molecular flexibility index (Phi) is 5.04. The lowest BCUT2D eigenvalue weighted by Gasteiger charge is -2.32. The van der Waals surface area contributed by atoms with E-state index >= 15 is 0 Å². The molecule has 0 bridgehead atoms. The van der Waals surface area contributed by atoms with Crippen LogP contribution in [0, 0.1) is 11.6 Å². The van der Waals surface area contributed by atoms with Crippen molar-refractivity contribution in [1.82, 2.24) is 4.90 Å². The van der Waals surface area contributed by atoms with Gasteiger partial charge in [-0.3, -0.25) is 0 Å². The number of carboxylic acid groups (broad SMARTS) is 1. The van der Waals surface area contributed by atoms with Crippen molar-refractivity contribution in [2.45, 2.75) is 6.04 Å². The summed E-state index contributed by atoms with van der Waals surface area (Å²) in [5, 5.41) is 11.2. The normalized spacial score (nSPS) is 18.4. The summed E-state index contributed by atoms with van der Waals surface area (Å²) >= 11 is 4.35. The number of rotatable bonds is 2. The number of benzene rings is 1. The van der Waals surface area contributed by atoms with E-state index < -0.39 is 35.4 Å². The van der Waals surface area contributed by atoms with E-state index in [1.54, 1.807) is 0 Å². The van der Waals surface area contributed by atoms with Crippen LogP contribution in [0.15, 0.2) is 16.6 Å². The second-order valence-electron chi connectivity index (χ2n) is 4.30. The molecule has 5 nitrogen and oxygen atoms in total. The van der Waals surface area contributed by atoms with Crippen LogP contribution in [0.1, 0.15) is 0 Å². The van der Waals surface area contributed by atoms with Crippen LogP contribution in [-0.4, -0.2) is 46.1 Å². The largest absolute Gasteiger partial charge is 0.480 e. The summed E-state index contributed by atoms with van der Waals surface area (Å²) in [5.74, 6) is -2.20. The molecule has 0 radical (unpaired) electrons. The third-order valence-electron chi connectivity index (χ3n) is 2.91. The van der Waals surface area contributed by atoms with Gasteiger partial charge in [0, 0.05) is 22.5 Å². The number of nitrogens with zero attached hydrogens (tertiary/aromatic N) is 1. The highest BCUT2D eigenvalue weighted by molar-refractivity contribution is 9.10. The van der Waals surface area contributed by atoms with Crippen molar-refractivity contribution >= 4 is 45.4 Å². The molecule has 2 rings (SSSR count). The molecule has 1 aliphatic rings. The van der Waals surface area contributed by atoms with Crippen molar-refractivity contribution in [3.05, 3.63) is 28.2 Å². The number of nitrogens with one attached hydrogen (secondary N) is 1. The second-order valence-corrected chi connectivity index (χ2v) is 6.36. The van der Waals surface area contributed by atoms with Crippen molar-refractivity contribution in [1.29, 1.82) is 0 Å². The average Bonchev–Trinajstić information content (AvgIpc) is 2.42. The molecule has 1 unspecified atom stereocenters. The maximum Gasteiger partial charge on any atom is 0.327 e. The number of carbonyl (C=O) groups is 2. The lowest BCUT2D eigenvalue weighted by molar-refractivity contribution is -0.141. The summed E-state index contributed by atoms with van der Waals surface area (Å²) in [6, 6.07) is 0.187. The standard InChI is InChI=1S/C12H11BrF2N2O3S/c13-6-3-7(14)10(8(15)4-6)16-12(20)17-1-2-21-5-9(17)11(18)19/h3-4,9H,1-2,5H2,(H,16,20)(H,18,19). The highest BCUT2D eigenvalue weighted by Crippen LogP contribution is 2.25. The molecule has 0 aliphatic carbocycles. The van der Waals surface area contributed by atoms with Gasteiger partial charge in [-0.05, 0) is 12.1 Å². The summed E-state index contributed by atoms with van der Waals surface area (Å²) in [7, 11) is 0. The minimum Gasteiger partial charge on any atom is -0.480 e. The van der Waals surface area contributed by atoms with Gasteiger partial charge in [-0.1, -0.05) is 15.9 Å². The van der Waals surface area contributed by atoms with Crippen LogP contribution in [0.2, 0.25) is 0 Å². The number of hydrogen-bond acceptors (Lipinski definition) is 3. The SMILES string of the molecule is O=C(O)C1CSCCN1C(=O)Nc1c(F)cc(Br)cc1F. The van der Waals surface area contributed by atoms with Crippen LogP contribution in [0.5, 0.6) is 0 Å². The molecular formula is C12H11BrF2N2O3S. The minimum absolute atomic E-state index is 0.202. The molecule has 1 aromatic rings. The molecule has 0 aromatic heterocycles. The topological polar surface area (TPSA) is 69.6 Å². The summed E-state index contributed by atoms with van der Waals surface area (Å²) in [4.78, 5) is 24.2. The smallest absolute Gasteiger partial charge is 0.327 e. The molecule has 114 valence electrons. The fourth-order valence-corrected chi connectivity index (χ4v) is 3.33. The Morgan fingerprint density at radius 3 is 2.57 bits per heavy atom. The third-order valence-corrected chi connectivity index (χ3v) is 4.39. The van der Waals surface area contributed by atoms with Crippen LogP contribution < -0.4 is 5.32 Å². The molecule has 1 heterocycles. The zero-order valence-corrected chi connectivity index (χ0v) is 13.0. The van der Waals surface area contributed by atoms with Gasteiger partial charge < -0.3 is 15.3 Å². The van der Waals surface area contributed by atoms with Gasteiger partial charge in [0.2, 0.25) is 0 Å². The molecule has 21 heavy (non-hydrogen) atoms. The number of aliphatic carboxylic acids is 1. The maximum atomic E-state index is 13.7. The summed E-state index contributed by atoms with van der Waals surface area (Å²) in [6.45, 7) is 0.202. The van der Waals surface area contributed by atoms with E-state index in [0.717, 1.165) is 17.0 Å². The fourth-order valence-electron chi connectivity index (χ4n) is 1.89. The van der Waals surface area contributed by atoms with Crippen LogP contribution in [-0.2, 0) is 4.79 Å². The molecule has 0 saturated carbocycles. The van der Waals surface area contributed by atoms with E-state index in [9.17, 15) is 18.4 Å². The maximum absolute atomic E-state index is 13.7. The van der Waals surface area contributed by atoms with Crippen molar-refractivity contribution in [3.63, 3.8) is 0 Å². The number of urea groups is 1. The second kappa shape index (κ2) is 6.61. The van der Waals surface area contributed by atoms with Crippen molar-refractivity contribution < 1.29 is 23.5 Å². The Balaban J connectivity index is 2.19. The van der Waals surface area contributed by atoms with Gasteiger partial charge in [-0.25, -0.2) is 18.4 Å². The quantitative estimate of drug-likeness (QED) is 0.827. The number of amides is 2. The van der Waals surface area contributed by atoms with Crippen molar-refractivity contribution in [2.75, 3.05) is 23.4 Å². The molecule has 1 aliphatic heterocycles. The van der Waals surface area contributed by atoms with Crippen LogP contribution in [0.25, 0.3) is 0 Å². The first-order valence-electron chi connectivity index (χ1n) is 5.93. The number of carboxylic acids is 1. The zero-order valence-electron chi connectivity index (χ0n) is 10.6. The summed E-state index contributed by atoms with van der Waals surface area (Å²) < 4.78 is 27.5. The first kappa shape index (κ1) is 16.0. The fraction of sp³-hybridized carbons (Fsp3) is 0.333. The highest BCUT2D eigenvalue weighted by Gasteiger charge is 2.33. The van der Waals surface area contributed by atoms with Gasteiger partial charge in [0.15, 0.2) is 11.6 Å². The predicted molar refractivity (Wildman–Crippen MR) is 78.5 cm³/mol. The summed E-state index contributed by atoms with van der Waals surface area (Å²) in [5.41, 5.74) is -0.592. The number of halogens is 3. The van der Waals surface area contributed by atoms with Gasteiger partial charge in [0.25, 0.3) is 0 Å². The van der Waals surface area contributed by atoms with Gasteiger partial charge in [0.05, 0.1) is 0 Å². The minimum atomic E-state index is -1.14. The molecule has 2 amide bonds. The Morgan fingerprint density at radius 2 is 2.00 bits per heavy atom. The molecular weight excluding hydrogens is 370 g/mol. The Labute approximate surface area is 131 Å². The van der Waals surface area contributed by atoms with Gasteiger partial charge in [-0.15, -0.1) is 0 Å². The first-order chi connectivity index (χ1) is 9.90. The highest BCUT2D eigenvalue weighted by atomic mass is 79.9. The van der Waals surface area contributed by atoms with E-state index in [1.165, 1.54) is 11.8 Å². The predicted octanol–water partition coefficient (Wildman–Crippen LogP) is 2.76. The van der Waals surface area contributed by atoms with E-state index in [-0.39, 0.29) is 16.8 Å².